The van der Waals surface area contributed by atoms with Gasteiger partial charge in [-0.1, -0.05) is 127 Å². The number of fused-ring (bicyclic) bond motifs is 2. The summed E-state index contributed by atoms with van der Waals surface area (Å²) in [5.74, 6) is 0. The van der Waals surface area contributed by atoms with Crippen molar-refractivity contribution < 1.29 is 4.57 Å². The van der Waals surface area contributed by atoms with Crippen molar-refractivity contribution in [3.63, 3.8) is 0 Å². The van der Waals surface area contributed by atoms with E-state index in [-0.39, 0.29) is 0 Å². The number of benzene rings is 8. The van der Waals surface area contributed by atoms with Crippen molar-refractivity contribution in [1.82, 2.24) is 0 Å². The topological polar surface area (TPSA) is 17.1 Å². The molecule has 0 aliphatic rings. The quantitative estimate of drug-likeness (QED) is 0.150. The highest BCUT2D eigenvalue weighted by Gasteiger charge is 2.16. The molecule has 0 bridgehead atoms. The van der Waals surface area contributed by atoms with Gasteiger partial charge in [0.2, 0.25) is 0 Å². The summed E-state index contributed by atoms with van der Waals surface area (Å²) in [4.78, 5) is 0. The number of rotatable bonds is 3. The second kappa shape index (κ2) is 9.26. The third kappa shape index (κ3) is 3.76. The van der Waals surface area contributed by atoms with Gasteiger partial charge in [0.1, 0.15) is 7.14 Å². The molecule has 0 aliphatic carbocycles. The third-order valence-electron chi connectivity index (χ3n) is 9.46. The van der Waals surface area contributed by atoms with Gasteiger partial charge in [0, 0.05) is 5.30 Å². The first-order valence-corrected chi connectivity index (χ1v) is 17.8. The van der Waals surface area contributed by atoms with Gasteiger partial charge < -0.3 is 4.57 Å². The minimum absolute atomic E-state index is 0.915. The van der Waals surface area contributed by atoms with Crippen LogP contribution in [-0.2, 0) is 4.57 Å². The highest BCUT2D eigenvalue weighted by Crippen LogP contribution is 2.44. The van der Waals surface area contributed by atoms with Gasteiger partial charge >= 0.3 is 0 Å². The summed E-state index contributed by atoms with van der Waals surface area (Å²) in [7, 11) is -2.27. The molecule has 0 atom stereocenters. The maximum atomic E-state index is 12.5. The van der Waals surface area contributed by atoms with E-state index in [1.165, 1.54) is 75.8 Å². The summed E-state index contributed by atoms with van der Waals surface area (Å²) >= 11 is 0. The van der Waals surface area contributed by atoms with E-state index in [2.05, 4.69) is 127 Å². The molecule has 0 saturated carbocycles. The van der Waals surface area contributed by atoms with Crippen LogP contribution in [0.3, 0.4) is 0 Å². The Morgan fingerprint density at radius 1 is 0.364 bits per heavy atom. The molecule has 208 valence electrons. The van der Waals surface area contributed by atoms with Gasteiger partial charge in [0.25, 0.3) is 0 Å². The van der Waals surface area contributed by atoms with Gasteiger partial charge in [-0.15, -0.1) is 0 Å². The van der Waals surface area contributed by atoms with E-state index in [1.807, 2.05) is 25.5 Å². The summed E-state index contributed by atoms with van der Waals surface area (Å²) < 4.78 is 12.5. The van der Waals surface area contributed by atoms with E-state index < -0.39 is 7.14 Å². The first-order chi connectivity index (χ1) is 21.4. The van der Waals surface area contributed by atoms with Crippen molar-refractivity contribution in [2.75, 3.05) is 13.3 Å². The van der Waals surface area contributed by atoms with Crippen LogP contribution in [0.2, 0.25) is 0 Å². The molecule has 0 unspecified atom stereocenters. The van der Waals surface area contributed by atoms with Crippen molar-refractivity contribution in [2.45, 2.75) is 0 Å². The normalized spacial score (nSPS) is 12.4. The van der Waals surface area contributed by atoms with Crippen LogP contribution in [-0.4, -0.2) is 13.3 Å². The van der Waals surface area contributed by atoms with Crippen LogP contribution in [0.25, 0.3) is 86.9 Å². The van der Waals surface area contributed by atoms with Crippen LogP contribution in [0.15, 0.2) is 140 Å². The molecule has 0 aliphatic heterocycles. The fourth-order valence-electron chi connectivity index (χ4n) is 7.32. The predicted octanol–water partition coefficient (Wildman–Crippen LogP) is 11.6. The lowest BCUT2D eigenvalue weighted by Gasteiger charge is -2.17. The lowest BCUT2D eigenvalue weighted by molar-refractivity contribution is 0.588. The molecule has 9 aromatic rings. The van der Waals surface area contributed by atoms with E-state index in [1.54, 1.807) is 0 Å². The van der Waals surface area contributed by atoms with Crippen LogP contribution in [0.1, 0.15) is 0 Å². The Balaban J connectivity index is 1.34. The fourth-order valence-corrected chi connectivity index (χ4v) is 8.19. The van der Waals surface area contributed by atoms with Crippen LogP contribution >= 0.6 is 7.14 Å². The van der Waals surface area contributed by atoms with E-state index in [9.17, 15) is 4.57 Å². The second-order valence-corrected chi connectivity index (χ2v) is 15.7. The minimum atomic E-state index is -2.27. The van der Waals surface area contributed by atoms with E-state index in [0.29, 0.717) is 0 Å². The summed E-state index contributed by atoms with van der Waals surface area (Å²) in [6, 6.07) is 51.1. The smallest absolute Gasteiger partial charge is 0.109 e. The highest BCUT2D eigenvalue weighted by molar-refractivity contribution is 7.70. The zero-order valence-electron chi connectivity index (χ0n) is 24.6. The van der Waals surface area contributed by atoms with Crippen LogP contribution in [0.4, 0.5) is 0 Å². The van der Waals surface area contributed by atoms with E-state index in [4.69, 9.17) is 0 Å². The van der Waals surface area contributed by atoms with Crippen molar-refractivity contribution in [1.29, 1.82) is 0 Å². The minimum Gasteiger partial charge on any atom is -0.319 e. The molecule has 9 rings (SSSR count). The first-order valence-electron chi connectivity index (χ1n) is 15.2. The number of hydrogen-bond donors (Lipinski definition) is 0. The SMILES string of the molecule is CP(C)(=O)c1ccc(-c2ccc(-c3cc4ccc5cccc6c7cccc8ccc9cccc(c(c3)c4c56)c9c87)cc2)cc1. The summed E-state index contributed by atoms with van der Waals surface area (Å²) in [5, 5.41) is 16.5. The van der Waals surface area contributed by atoms with Gasteiger partial charge in [-0.25, -0.2) is 0 Å². The zero-order valence-corrected chi connectivity index (χ0v) is 25.5. The summed E-state index contributed by atoms with van der Waals surface area (Å²) in [6.07, 6.45) is 0. The molecule has 0 amide bonds. The Bertz CT molecular complexity index is 2620. The average Bonchev–Trinajstić information content (AvgIpc) is 3.06. The molecule has 0 heterocycles. The molecular weight excluding hydrogens is 551 g/mol. The predicted molar refractivity (Wildman–Crippen MR) is 193 cm³/mol. The fraction of sp³-hybridized carbons (Fsp3) is 0.0476. The second-order valence-electron chi connectivity index (χ2n) is 12.4. The Morgan fingerprint density at radius 2 is 0.750 bits per heavy atom. The molecule has 0 radical (unpaired) electrons. The molecule has 44 heavy (non-hydrogen) atoms. The molecule has 1 nitrogen and oxygen atoms in total. The Kier molecular flexibility index (Phi) is 5.37. The standard InChI is InChI=1S/C42H29OP/c1-44(2,43)34-22-20-27(21-23-34)26-12-14-28(15-13-26)33-24-32-19-18-31-7-4-10-36-35-9-3-6-29-16-17-30-8-5-11-37(41(30)39(29)35)38(25-33)42(32)40(31)36/h3-25H,1-2H3. The maximum absolute atomic E-state index is 12.5. The van der Waals surface area contributed by atoms with Crippen LogP contribution < -0.4 is 5.30 Å². The molecular formula is C42H29OP. The lowest BCUT2D eigenvalue weighted by atomic mass is 9.86. The maximum Gasteiger partial charge on any atom is 0.109 e. The molecule has 2 heteroatoms. The van der Waals surface area contributed by atoms with Crippen molar-refractivity contribution >= 4 is 77.1 Å². The Morgan fingerprint density at radius 3 is 1.23 bits per heavy atom. The zero-order chi connectivity index (χ0) is 29.6. The molecule has 9 aromatic carbocycles. The summed E-state index contributed by atoms with van der Waals surface area (Å²) in [5.41, 5.74) is 4.69. The molecule has 0 fully saturated rings. The Hall–Kier alpha value is -4.97. The van der Waals surface area contributed by atoms with Crippen LogP contribution in [0, 0.1) is 0 Å². The highest BCUT2D eigenvalue weighted by atomic mass is 31.2. The molecule has 0 spiro atoms. The van der Waals surface area contributed by atoms with Gasteiger partial charge in [0.05, 0.1) is 0 Å². The van der Waals surface area contributed by atoms with Crippen molar-refractivity contribution in [3.8, 4) is 22.3 Å². The summed E-state index contributed by atoms with van der Waals surface area (Å²) in [6.45, 7) is 3.64. The van der Waals surface area contributed by atoms with Crippen molar-refractivity contribution in [3.05, 3.63) is 140 Å². The Labute approximate surface area is 256 Å². The average molecular weight is 581 g/mol. The third-order valence-corrected chi connectivity index (χ3v) is 11.0. The van der Waals surface area contributed by atoms with Gasteiger partial charge in [0.15, 0.2) is 0 Å². The van der Waals surface area contributed by atoms with Gasteiger partial charge in [-0.05, 0) is 112 Å². The largest absolute Gasteiger partial charge is 0.319 e. The van der Waals surface area contributed by atoms with Gasteiger partial charge in [-0.2, -0.15) is 0 Å². The van der Waals surface area contributed by atoms with Gasteiger partial charge in [-0.3, -0.25) is 0 Å². The lowest BCUT2D eigenvalue weighted by Crippen LogP contribution is -2.01. The van der Waals surface area contributed by atoms with Crippen LogP contribution in [0.5, 0.6) is 0 Å². The van der Waals surface area contributed by atoms with E-state index in [0.717, 1.165) is 16.4 Å². The first kappa shape index (κ1) is 25.5. The number of hydrogen-bond acceptors (Lipinski definition) is 1. The van der Waals surface area contributed by atoms with E-state index >= 15 is 0 Å². The van der Waals surface area contributed by atoms with Crippen molar-refractivity contribution in [2.24, 2.45) is 0 Å². The monoisotopic (exact) mass is 580 g/mol. The molecule has 0 saturated heterocycles. The molecule has 0 N–H and O–H groups in total. The molecule has 0 aromatic heterocycles.